The molecule has 0 aliphatic rings. The molecule has 0 spiro atoms. The zero-order valence-corrected chi connectivity index (χ0v) is 18.8. The van der Waals surface area contributed by atoms with E-state index < -0.39 is 10.8 Å². The Morgan fingerprint density at radius 2 is 2.03 bits per heavy atom. The number of nitrogens with zero attached hydrogens (tertiary/aromatic N) is 4. The van der Waals surface area contributed by atoms with Gasteiger partial charge in [-0.25, -0.2) is 4.98 Å². The number of nitro benzene ring substituents is 1. The number of nitro groups is 1. The molecule has 0 saturated carbocycles. The molecule has 11 heteroatoms. The van der Waals surface area contributed by atoms with Crippen molar-refractivity contribution in [1.82, 2.24) is 19.7 Å². The summed E-state index contributed by atoms with van der Waals surface area (Å²) in [7, 11) is 0. The minimum absolute atomic E-state index is 0.00365. The summed E-state index contributed by atoms with van der Waals surface area (Å²) in [5, 5.41) is 20.5. The first kappa shape index (κ1) is 22.1. The lowest BCUT2D eigenvalue weighted by Crippen LogP contribution is -2.20. The SMILES string of the molecule is Cc1c(C(=O)Nc2cc(-c3cccs3)nn2-c2nc(C(C)C)cc(=O)[nH]2)cccc1[N+](=O)[O-]. The van der Waals surface area contributed by atoms with Crippen molar-refractivity contribution in [2.75, 3.05) is 5.32 Å². The maximum atomic E-state index is 13.1. The van der Waals surface area contributed by atoms with E-state index >= 15 is 0 Å². The van der Waals surface area contributed by atoms with E-state index in [9.17, 15) is 19.7 Å². The van der Waals surface area contributed by atoms with Gasteiger partial charge in [-0.3, -0.25) is 24.7 Å². The monoisotopic (exact) mass is 464 g/mol. The third-order valence-electron chi connectivity index (χ3n) is 5.01. The van der Waals surface area contributed by atoms with Crippen molar-refractivity contribution < 1.29 is 9.72 Å². The van der Waals surface area contributed by atoms with Crippen molar-refractivity contribution in [3.63, 3.8) is 0 Å². The summed E-state index contributed by atoms with van der Waals surface area (Å²) in [6.45, 7) is 5.35. The van der Waals surface area contributed by atoms with Crippen molar-refractivity contribution in [3.05, 3.63) is 85.1 Å². The number of nitrogens with one attached hydrogen (secondary N) is 2. The fourth-order valence-corrected chi connectivity index (χ4v) is 3.97. The summed E-state index contributed by atoms with van der Waals surface area (Å²) in [4.78, 5) is 44.1. The Kier molecular flexibility index (Phi) is 5.88. The molecule has 0 bridgehead atoms. The molecule has 0 aliphatic carbocycles. The predicted molar refractivity (Wildman–Crippen MR) is 125 cm³/mol. The molecular formula is C22H20N6O4S. The van der Waals surface area contributed by atoms with Crippen molar-refractivity contribution in [3.8, 4) is 16.5 Å². The van der Waals surface area contributed by atoms with Gasteiger partial charge in [-0.05, 0) is 30.4 Å². The van der Waals surface area contributed by atoms with E-state index in [4.69, 9.17) is 0 Å². The molecule has 4 aromatic rings. The Morgan fingerprint density at radius 1 is 1.24 bits per heavy atom. The van der Waals surface area contributed by atoms with Crippen molar-refractivity contribution >= 4 is 28.7 Å². The number of H-pyrrole nitrogens is 1. The molecular weight excluding hydrogens is 444 g/mol. The largest absolute Gasteiger partial charge is 0.306 e. The lowest BCUT2D eigenvalue weighted by molar-refractivity contribution is -0.385. The van der Waals surface area contributed by atoms with Gasteiger partial charge in [0.1, 0.15) is 11.5 Å². The number of anilines is 1. The number of benzene rings is 1. The van der Waals surface area contributed by atoms with Crippen LogP contribution in [0.2, 0.25) is 0 Å². The van der Waals surface area contributed by atoms with Crippen molar-refractivity contribution in [2.24, 2.45) is 0 Å². The molecule has 0 unspecified atom stereocenters. The van der Waals surface area contributed by atoms with Crippen LogP contribution in [0.25, 0.3) is 16.5 Å². The first-order chi connectivity index (χ1) is 15.7. The van der Waals surface area contributed by atoms with Crippen LogP contribution in [0.4, 0.5) is 11.5 Å². The number of hydrogen-bond acceptors (Lipinski definition) is 7. The highest BCUT2D eigenvalue weighted by Crippen LogP contribution is 2.28. The molecule has 10 nitrogen and oxygen atoms in total. The number of carbonyl (C=O) groups is 1. The average molecular weight is 465 g/mol. The molecule has 0 aliphatic heterocycles. The normalized spacial score (nSPS) is 11.0. The van der Waals surface area contributed by atoms with Gasteiger partial charge in [0.05, 0.1) is 15.5 Å². The molecule has 2 N–H and O–H groups in total. The highest BCUT2D eigenvalue weighted by Gasteiger charge is 2.21. The average Bonchev–Trinajstić information content (AvgIpc) is 3.43. The summed E-state index contributed by atoms with van der Waals surface area (Å²) in [5.74, 6) is -0.125. The van der Waals surface area contributed by atoms with E-state index in [1.54, 1.807) is 6.07 Å². The summed E-state index contributed by atoms with van der Waals surface area (Å²) < 4.78 is 1.35. The third-order valence-corrected chi connectivity index (χ3v) is 5.90. The van der Waals surface area contributed by atoms with Crippen LogP contribution in [0, 0.1) is 17.0 Å². The van der Waals surface area contributed by atoms with Gasteiger partial charge in [-0.2, -0.15) is 9.78 Å². The van der Waals surface area contributed by atoms with Gasteiger partial charge in [0.2, 0.25) is 5.95 Å². The highest BCUT2D eigenvalue weighted by molar-refractivity contribution is 7.13. The van der Waals surface area contributed by atoms with E-state index in [2.05, 4.69) is 20.4 Å². The summed E-state index contributed by atoms with van der Waals surface area (Å²) in [6.07, 6.45) is 0. The van der Waals surface area contributed by atoms with Crippen LogP contribution in [0.3, 0.4) is 0 Å². The Morgan fingerprint density at radius 3 is 2.70 bits per heavy atom. The molecule has 0 fully saturated rings. The van der Waals surface area contributed by atoms with Crippen molar-refractivity contribution in [2.45, 2.75) is 26.7 Å². The second-order valence-corrected chi connectivity index (χ2v) is 8.56. The first-order valence-corrected chi connectivity index (χ1v) is 10.9. The third kappa shape index (κ3) is 4.44. The van der Waals surface area contributed by atoms with Crippen LogP contribution in [-0.4, -0.2) is 30.6 Å². The van der Waals surface area contributed by atoms with Gasteiger partial charge in [0.15, 0.2) is 0 Å². The van der Waals surface area contributed by atoms with Crippen LogP contribution >= 0.6 is 11.3 Å². The van der Waals surface area contributed by atoms with Crippen LogP contribution in [-0.2, 0) is 0 Å². The van der Waals surface area contributed by atoms with Crippen LogP contribution in [0.5, 0.6) is 0 Å². The standard InChI is InChI=1S/C22H20N6O4S/c1-12(2)15-11-20(29)25-22(23-15)27-19(10-16(26-27)18-8-5-9-33-18)24-21(30)14-6-4-7-17(13(14)3)28(31)32/h4-12H,1-3H3,(H,24,30)(H,23,25,29). The summed E-state index contributed by atoms with van der Waals surface area (Å²) in [5.41, 5.74) is 1.07. The van der Waals surface area contributed by atoms with E-state index in [1.165, 1.54) is 47.2 Å². The number of aromatic nitrogens is 4. The Balaban J connectivity index is 1.80. The Bertz CT molecular complexity index is 1400. The number of amides is 1. The molecule has 0 saturated heterocycles. The van der Waals surface area contributed by atoms with E-state index in [-0.39, 0.29) is 40.1 Å². The highest BCUT2D eigenvalue weighted by atomic mass is 32.1. The number of thiophene rings is 1. The maximum absolute atomic E-state index is 13.1. The number of carbonyl (C=O) groups excluding carboxylic acids is 1. The zero-order valence-electron chi connectivity index (χ0n) is 18.0. The predicted octanol–water partition coefficient (Wildman–Crippen LogP) is 4.28. The smallest absolute Gasteiger partial charge is 0.273 e. The van der Waals surface area contributed by atoms with Gasteiger partial charge in [-0.15, -0.1) is 11.3 Å². The minimum atomic E-state index is -0.544. The van der Waals surface area contributed by atoms with E-state index in [0.29, 0.717) is 11.4 Å². The van der Waals surface area contributed by atoms with Crippen LogP contribution in [0.1, 0.15) is 41.4 Å². The lowest BCUT2D eigenvalue weighted by Gasteiger charge is -2.11. The quantitative estimate of drug-likeness (QED) is 0.323. The number of hydrogen-bond donors (Lipinski definition) is 2. The molecule has 4 rings (SSSR count). The van der Waals surface area contributed by atoms with Gasteiger partial charge in [0.25, 0.3) is 17.2 Å². The second-order valence-electron chi connectivity index (χ2n) is 7.61. The van der Waals surface area contributed by atoms with Gasteiger partial charge in [-0.1, -0.05) is 26.0 Å². The van der Waals surface area contributed by atoms with Crippen molar-refractivity contribution in [1.29, 1.82) is 0 Å². The van der Waals surface area contributed by atoms with Gasteiger partial charge < -0.3 is 5.32 Å². The number of rotatable bonds is 6. The molecule has 0 atom stereocenters. The topological polar surface area (TPSA) is 136 Å². The fraction of sp³-hybridized carbons (Fsp3) is 0.182. The van der Waals surface area contributed by atoms with E-state index in [1.807, 2.05) is 31.4 Å². The van der Waals surface area contributed by atoms with Crippen LogP contribution < -0.4 is 10.9 Å². The fourth-order valence-electron chi connectivity index (χ4n) is 3.29. The summed E-state index contributed by atoms with van der Waals surface area (Å²) >= 11 is 1.47. The molecule has 1 amide bonds. The second kappa shape index (κ2) is 8.79. The minimum Gasteiger partial charge on any atom is -0.306 e. The lowest BCUT2D eigenvalue weighted by atomic mass is 10.1. The zero-order chi connectivity index (χ0) is 23.7. The molecule has 1 aromatic carbocycles. The molecule has 3 aromatic heterocycles. The molecule has 3 heterocycles. The Labute approximate surface area is 192 Å². The maximum Gasteiger partial charge on any atom is 0.273 e. The van der Waals surface area contributed by atoms with E-state index in [0.717, 1.165) is 4.88 Å². The molecule has 168 valence electrons. The molecule has 0 radical (unpaired) electrons. The molecule has 33 heavy (non-hydrogen) atoms. The first-order valence-electron chi connectivity index (χ1n) is 10.1. The number of aromatic amines is 1. The van der Waals surface area contributed by atoms with Gasteiger partial charge in [0, 0.05) is 29.3 Å². The summed E-state index contributed by atoms with van der Waals surface area (Å²) in [6, 6.07) is 11.2. The van der Waals surface area contributed by atoms with Gasteiger partial charge >= 0.3 is 0 Å². The Hall–Kier alpha value is -4.12. The van der Waals surface area contributed by atoms with Crippen LogP contribution in [0.15, 0.2) is 52.6 Å².